The minimum absolute atomic E-state index is 0.0156. The van der Waals surface area contributed by atoms with Gasteiger partial charge in [-0.3, -0.25) is 10.1 Å². The molecule has 1 amide bonds. The lowest BCUT2D eigenvalue weighted by Gasteiger charge is -2.29. The number of carbonyl (C=O) groups is 2. The molecule has 0 fully saturated rings. The Morgan fingerprint density at radius 2 is 1.68 bits per heavy atom. The molecule has 0 unspecified atom stereocenters. The molecule has 3 aromatic carbocycles. The molecule has 3 aromatic rings. The number of hydrogen-bond acceptors (Lipinski definition) is 7. The second-order valence-corrected chi connectivity index (χ2v) is 8.72. The zero-order chi connectivity index (χ0) is 24.3. The van der Waals surface area contributed by atoms with Gasteiger partial charge >= 0.3 is 12.1 Å². The van der Waals surface area contributed by atoms with Crippen LogP contribution >= 0.6 is 35.2 Å². The molecule has 34 heavy (non-hydrogen) atoms. The van der Waals surface area contributed by atoms with Gasteiger partial charge in [0, 0.05) is 21.2 Å². The summed E-state index contributed by atoms with van der Waals surface area (Å²) in [5.41, 5.74) is 0.929. The minimum atomic E-state index is -1.01. The molecule has 178 valence electrons. The molecule has 7 nitrogen and oxygen atoms in total. The van der Waals surface area contributed by atoms with Crippen molar-refractivity contribution in [3.8, 4) is 11.5 Å². The molecule has 0 aliphatic carbocycles. The predicted molar refractivity (Wildman–Crippen MR) is 140 cm³/mol. The molecule has 0 aliphatic heterocycles. The smallest absolute Gasteiger partial charge is 0.412 e. The zero-order valence-corrected chi connectivity index (χ0v) is 21.1. The summed E-state index contributed by atoms with van der Waals surface area (Å²) in [7, 11) is 0. The molecular formula is C25H24INO6S. The van der Waals surface area contributed by atoms with Crippen LogP contribution in [0.2, 0.25) is 0 Å². The number of amides is 1. The Morgan fingerprint density at radius 1 is 1.00 bits per heavy atom. The molecule has 0 aromatic heterocycles. The Kier molecular flexibility index (Phi) is 9.89. The predicted octanol–water partition coefficient (Wildman–Crippen LogP) is 5.60. The summed E-state index contributed by atoms with van der Waals surface area (Å²) in [6.45, 7) is 0.0156. The van der Waals surface area contributed by atoms with Crippen molar-refractivity contribution in [2.24, 2.45) is 0 Å². The van der Waals surface area contributed by atoms with Crippen molar-refractivity contribution >= 4 is 53.0 Å². The summed E-state index contributed by atoms with van der Waals surface area (Å²) in [5, 5.41) is 13.3. The number of phenolic OH excluding ortho intramolecular Hbond substituents is 1. The van der Waals surface area contributed by atoms with Gasteiger partial charge in [-0.2, -0.15) is 12.6 Å². The molecule has 0 aliphatic rings. The third kappa shape index (κ3) is 7.84. The Morgan fingerprint density at radius 3 is 2.35 bits per heavy atom. The third-order valence-electron chi connectivity index (χ3n) is 4.71. The van der Waals surface area contributed by atoms with Crippen LogP contribution in [0.1, 0.15) is 18.1 Å². The molecule has 0 spiro atoms. The second-order valence-electron chi connectivity index (χ2n) is 7.16. The van der Waals surface area contributed by atoms with Gasteiger partial charge in [0.15, 0.2) is 6.10 Å². The molecule has 2 N–H and O–H groups in total. The first-order valence-electron chi connectivity index (χ1n) is 10.5. The van der Waals surface area contributed by atoms with Crippen LogP contribution < -0.4 is 10.1 Å². The maximum Gasteiger partial charge on any atom is 0.412 e. The Balaban J connectivity index is 1.91. The first kappa shape index (κ1) is 25.7. The van der Waals surface area contributed by atoms with Gasteiger partial charge in [0.25, 0.3) is 0 Å². The van der Waals surface area contributed by atoms with Gasteiger partial charge in [-0.15, -0.1) is 0 Å². The Labute approximate surface area is 217 Å². The fourth-order valence-corrected chi connectivity index (χ4v) is 3.76. The van der Waals surface area contributed by atoms with Gasteiger partial charge in [-0.25, -0.2) is 4.79 Å². The van der Waals surface area contributed by atoms with Gasteiger partial charge in [-0.1, -0.05) is 36.4 Å². The summed E-state index contributed by atoms with van der Waals surface area (Å²) >= 11 is 6.03. The number of ether oxygens (including phenoxy) is 3. The van der Waals surface area contributed by atoms with Gasteiger partial charge < -0.3 is 19.3 Å². The van der Waals surface area contributed by atoms with Gasteiger partial charge in [0.05, 0.1) is 12.4 Å². The standard InChI is InChI=1S/C25H24INO6S/c26-17-11-12-21(28)20(15-17)24(33-25(30)27-18-7-3-1-4-8-18)22(13-14-31-23(29)16-34)32-19-9-5-2-6-10-19/h1-12,15,22,24,28,34H,13-14,16H2,(H,27,30)/t22-,24-/m0/s1. The molecule has 0 bridgehead atoms. The Hall–Kier alpha value is -2.92. The quantitative estimate of drug-likeness (QED) is 0.161. The monoisotopic (exact) mass is 593 g/mol. The second kappa shape index (κ2) is 13.1. The van der Waals surface area contributed by atoms with E-state index in [1.165, 1.54) is 6.07 Å². The highest BCUT2D eigenvalue weighted by molar-refractivity contribution is 14.1. The number of para-hydroxylation sites is 2. The number of carbonyl (C=O) groups excluding carboxylic acids is 2. The number of halogens is 1. The van der Waals surface area contributed by atoms with Gasteiger partial charge in [0.2, 0.25) is 0 Å². The largest absolute Gasteiger partial charge is 0.508 e. The van der Waals surface area contributed by atoms with E-state index in [2.05, 4.69) is 40.5 Å². The number of thiol groups is 1. The Bertz CT molecular complexity index is 1080. The number of aromatic hydroxyl groups is 1. The molecule has 0 heterocycles. The SMILES string of the molecule is O=C(CS)OCC[C@H](Oc1ccccc1)[C@@H](OC(=O)Nc1ccccc1)c1cc(I)ccc1O. The van der Waals surface area contributed by atoms with Crippen molar-refractivity contribution < 1.29 is 28.9 Å². The van der Waals surface area contributed by atoms with Crippen molar-refractivity contribution in [2.75, 3.05) is 17.7 Å². The molecule has 0 radical (unpaired) electrons. The lowest BCUT2D eigenvalue weighted by Crippen LogP contribution is -2.32. The highest BCUT2D eigenvalue weighted by Gasteiger charge is 2.32. The number of esters is 1. The molecular weight excluding hydrogens is 569 g/mol. The average Bonchev–Trinajstić information content (AvgIpc) is 2.84. The van der Waals surface area contributed by atoms with E-state index in [0.717, 1.165) is 3.57 Å². The number of benzene rings is 3. The fourth-order valence-electron chi connectivity index (χ4n) is 3.16. The molecule has 9 heteroatoms. The van der Waals surface area contributed by atoms with Crippen LogP contribution in [0.4, 0.5) is 10.5 Å². The highest BCUT2D eigenvalue weighted by Crippen LogP contribution is 2.34. The van der Waals surface area contributed by atoms with Gasteiger partial charge in [0.1, 0.15) is 17.6 Å². The highest BCUT2D eigenvalue weighted by atomic mass is 127. The molecule has 0 saturated heterocycles. The topological polar surface area (TPSA) is 94.1 Å². The lowest BCUT2D eigenvalue weighted by atomic mass is 10.0. The number of anilines is 1. The van der Waals surface area contributed by atoms with Crippen LogP contribution in [0.15, 0.2) is 78.9 Å². The lowest BCUT2D eigenvalue weighted by molar-refractivity contribution is -0.141. The molecule has 2 atom stereocenters. The summed E-state index contributed by atoms with van der Waals surface area (Å²) in [4.78, 5) is 24.4. The number of hydrogen-bond donors (Lipinski definition) is 3. The van der Waals surface area contributed by atoms with Crippen molar-refractivity contribution in [3.63, 3.8) is 0 Å². The number of rotatable bonds is 10. The summed E-state index contributed by atoms with van der Waals surface area (Å²) in [5.74, 6) is -0.0401. The first-order chi connectivity index (χ1) is 16.5. The molecule has 0 saturated carbocycles. The number of nitrogens with one attached hydrogen (secondary N) is 1. The van der Waals surface area contributed by atoms with Crippen LogP contribution in [-0.4, -0.2) is 35.6 Å². The normalized spacial score (nSPS) is 12.3. The summed E-state index contributed by atoms with van der Waals surface area (Å²) in [6.07, 6.45) is -2.31. The van der Waals surface area contributed by atoms with Crippen LogP contribution in [0.3, 0.4) is 0 Å². The van der Waals surface area contributed by atoms with Crippen molar-refractivity contribution in [1.82, 2.24) is 0 Å². The maximum atomic E-state index is 12.8. The van der Waals surface area contributed by atoms with Crippen LogP contribution in [-0.2, 0) is 14.3 Å². The van der Waals surface area contributed by atoms with E-state index in [0.29, 0.717) is 17.0 Å². The summed E-state index contributed by atoms with van der Waals surface area (Å²) < 4.78 is 18.0. The van der Waals surface area contributed by atoms with Gasteiger partial charge in [-0.05, 0) is 65.1 Å². The van der Waals surface area contributed by atoms with E-state index in [1.54, 1.807) is 48.5 Å². The van der Waals surface area contributed by atoms with Crippen molar-refractivity contribution in [1.29, 1.82) is 0 Å². The van der Waals surface area contributed by atoms with E-state index in [4.69, 9.17) is 14.2 Å². The molecule has 3 rings (SSSR count). The van der Waals surface area contributed by atoms with E-state index in [1.807, 2.05) is 24.3 Å². The van der Waals surface area contributed by atoms with Crippen LogP contribution in [0.5, 0.6) is 11.5 Å². The average molecular weight is 593 g/mol. The van der Waals surface area contributed by atoms with E-state index < -0.39 is 24.3 Å². The van der Waals surface area contributed by atoms with Crippen LogP contribution in [0.25, 0.3) is 0 Å². The number of phenols is 1. The third-order valence-corrected chi connectivity index (χ3v) is 5.64. The minimum Gasteiger partial charge on any atom is -0.508 e. The summed E-state index contributed by atoms with van der Waals surface area (Å²) in [6, 6.07) is 22.9. The van der Waals surface area contributed by atoms with Crippen molar-refractivity contribution in [3.05, 3.63) is 88.0 Å². The van der Waals surface area contributed by atoms with E-state index in [9.17, 15) is 14.7 Å². The zero-order valence-electron chi connectivity index (χ0n) is 18.1. The van der Waals surface area contributed by atoms with Crippen LogP contribution in [0, 0.1) is 3.57 Å². The fraction of sp³-hybridized carbons (Fsp3) is 0.200. The maximum absolute atomic E-state index is 12.8. The van der Waals surface area contributed by atoms with E-state index >= 15 is 0 Å². The first-order valence-corrected chi connectivity index (χ1v) is 12.2. The van der Waals surface area contributed by atoms with Crippen molar-refractivity contribution in [2.45, 2.75) is 18.6 Å². The van der Waals surface area contributed by atoms with E-state index in [-0.39, 0.29) is 24.5 Å².